The van der Waals surface area contributed by atoms with E-state index in [4.69, 9.17) is 9.47 Å². The molecule has 1 N–H and O–H groups in total. The van der Waals surface area contributed by atoms with Gasteiger partial charge in [0.05, 0.1) is 24.1 Å². The third kappa shape index (κ3) is 5.73. The van der Waals surface area contributed by atoms with Crippen LogP contribution < -0.4 is 10.3 Å². The molecule has 0 spiro atoms. The number of likely N-dealkylation sites (N-methyl/N-ethyl adjacent to an activating group) is 1. The van der Waals surface area contributed by atoms with Gasteiger partial charge in [-0.25, -0.2) is 18.4 Å². The van der Waals surface area contributed by atoms with Gasteiger partial charge in [-0.1, -0.05) is 12.1 Å². The fourth-order valence-corrected chi connectivity index (χ4v) is 4.74. The van der Waals surface area contributed by atoms with Gasteiger partial charge in [-0.15, -0.1) is 0 Å². The van der Waals surface area contributed by atoms with Crippen LogP contribution in [0.25, 0.3) is 10.9 Å². The molecule has 1 saturated heterocycles. The molecule has 0 bridgehead atoms. The number of hydrogen-bond donors (Lipinski definition) is 1. The Bertz CT molecular complexity index is 1430. The highest BCUT2D eigenvalue weighted by atomic mass is 19.1. The molecule has 39 heavy (non-hydrogen) atoms. The summed E-state index contributed by atoms with van der Waals surface area (Å²) in [5.74, 6) is -3.66. The molecule has 2 heterocycles. The van der Waals surface area contributed by atoms with Gasteiger partial charge in [-0.3, -0.25) is 4.79 Å². The molecule has 11 heteroatoms. The van der Waals surface area contributed by atoms with Crippen molar-refractivity contribution in [3.8, 4) is 5.75 Å². The van der Waals surface area contributed by atoms with Crippen molar-refractivity contribution >= 4 is 28.5 Å². The Morgan fingerprint density at radius 1 is 1.03 bits per heavy atom. The van der Waals surface area contributed by atoms with Crippen LogP contribution in [0, 0.1) is 11.6 Å². The molecule has 1 aliphatic rings. The number of aromatic hydroxyl groups is 1. The fourth-order valence-electron chi connectivity index (χ4n) is 4.74. The molecule has 1 fully saturated rings. The number of benzene rings is 2. The van der Waals surface area contributed by atoms with Crippen molar-refractivity contribution in [3.05, 3.63) is 69.5 Å². The van der Waals surface area contributed by atoms with Gasteiger partial charge < -0.3 is 28.9 Å². The van der Waals surface area contributed by atoms with Crippen LogP contribution >= 0.6 is 0 Å². The van der Waals surface area contributed by atoms with Crippen molar-refractivity contribution in [3.63, 3.8) is 0 Å². The molecular formula is C28H31F2N3O6. The second-order valence-electron chi connectivity index (χ2n) is 9.35. The Labute approximate surface area is 224 Å². The Balaban J connectivity index is 2.00. The maximum absolute atomic E-state index is 16.4. The summed E-state index contributed by atoms with van der Waals surface area (Å²) in [6.45, 7) is 5.05. The average molecular weight is 544 g/mol. The summed E-state index contributed by atoms with van der Waals surface area (Å²) < 4.78 is 43.3. The minimum atomic E-state index is -1.23. The minimum absolute atomic E-state index is 0.0168. The van der Waals surface area contributed by atoms with E-state index in [2.05, 4.69) is 0 Å². The Morgan fingerprint density at radius 3 is 2.28 bits per heavy atom. The highest BCUT2D eigenvalue weighted by Gasteiger charge is 2.31. The van der Waals surface area contributed by atoms with Crippen LogP contribution in [0.5, 0.6) is 5.75 Å². The molecule has 1 aromatic heterocycles. The second kappa shape index (κ2) is 11.8. The first kappa shape index (κ1) is 28.0. The number of fused-ring (bicyclic) bond motifs is 1. The van der Waals surface area contributed by atoms with Gasteiger partial charge in [-0.05, 0) is 44.7 Å². The molecule has 9 nitrogen and oxygen atoms in total. The zero-order valence-corrected chi connectivity index (χ0v) is 22.1. The zero-order valence-electron chi connectivity index (χ0n) is 22.1. The Kier molecular flexibility index (Phi) is 8.49. The van der Waals surface area contributed by atoms with Crippen molar-refractivity contribution in [1.29, 1.82) is 0 Å². The van der Waals surface area contributed by atoms with Crippen molar-refractivity contribution in [2.24, 2.45) is 0 Å². The van der Waals surface area contributed by atoms with Gasteiger partial charge in [0.25, 0.3) is 0 Å². The maximum atomic E-state index is 16.4. The van der Waals surface area contributed by atoms with E-state index in [1.807, 2.05) is 11.9 Å². The number of phenols is 1. The first-order valence-electron chi connectivity index (χ1n) is 12.8. The topological polar surface area (TPSA) is 101 Å². The van der Waals surface area contributed by atoms with E-state index in [1.165, 1.54) is 16.7 Å². The number of rotatable bonds is 8. The summed E-state index contributed by atoms with van der Waals surface area (Å²) in [4.78, 5) is 42.9. The number of pyridine rings is 1. The number of phenolic OH excluding ortho intramolecular Hbond substituents is 1. The second-order valence-corrected chi connectivity index (χ2v) is 9.35. The third-order valence-corrected chi connectivity index (χ3v) is 6.76. The summed E-state index contributed by atoms with van der Waals surface area (Å²) in [5.41, 5.74) is -1.40. The Morgan fingerprint density at radius 2 is 1.67 bits per heavy atom. The molecule has 1 atom stereocenters. The maximum Gasteiger partial charge on any atom is 0.343 e. The fraction of sp³-hybridized carbons (Fsp3) is 0.393. The molecule has 4 rings (SSSR count). The quantitative estimate of drug-likeness (QED) is 0.432. The molecule has 0 radical (unpaired) electrons. The molecule has 0 aliphatic carbocycles. The molecule has 1 aliphatic heterocycles. The number of halogens is 2. The van der Waals surface area contributed by atoms with Gasteiger partial charge in [-0.2, -0.15) is 0 Å². The van der Waals surface area contributed by atoms with Gasteiger partial charge >= 0.3 is 11.9 Å². The van der Waals surface area contributed by atoms with E-state index in [0.29, 0.717) is 31.7 Å². The highest BCUT2D eigenvalue weighted by Crippen LogP contribution is 2.33. The summed E-state index contributed by atoms with van der Waals surface area (Å²) in [6, 6.07) is 5.73. The van der Waals surface area contributed by atoms with Gasteiger partial charge in [0.15, 0.2) is 5.82 Å². The third-order valence-electron chi connectivity index (χ3n) is 6.76. The van der Waals surface area contributed by atoms with E-state index in [9.17, 15) is 19.5 Å². The van der Waals surface area contributed by atoms with Crippen LogP contribution in [0.2, 0.25) is 0 Å². The molecule has 1 unspecified atom stereocenters. The number of ether oxygens (including phenoxy) is 2. The SMILES string of the molecule is CCOC(=O)c1cn(C(Cc2ccc(O)cc2)C(=O)OCC)c2c(F)c(N3CCN(C)CC3)c(F)cc2c1=O. The zero-order chi connectivity index (χ0) is 28.3. The molecule has 0 saturated carbocycles. The van der Waals surface area contributed by atoms with Crippen LogP contribution in [-0.2, 0) is 20.7 Å². The van der Waals surface area contributed by atoms with E-state index in [-0.39, 0.29) is 36.6 Å². The minimum Gasteiger partial charge on any atom is -0.508 e. The average Bonchev–Trinajstić information content (AvgIpc) is 2.90. The molecular weight excluding hydrogens is 512 g/mol. The molecule has 2 aromatic carbocycles. The summed E-state index contributed by atoms with van der Waals surface area (Å²) in [6.07, 6.45) is 1.05. The predicted octanol–water partition coefficient (Wildman–Crippen LogP) is 3.26. The molecule has 3 aromatic rings. The summed E-state index contributed by atoms with van der Waals surface area (Å²) >= 11 is 0. The van der Waals surface area contributed by atoms with E-state index in [1.54, 1.807) is 30.9 Å². The van der Waals surface area contributed by atoms with E-state index in [0.717, 1.165) is 12.3 Å². The van der Waals surface area contributed by atoms with Crippen LogP contribution in [0.15, 0.2) is 41.3 Å². The number of aromatic nitrogens is 1. The number of anilines is 1. The van der Waals surface area contributed by atoms with Crippen LogP contribution in [-0.4, -0.2) is 73.0 Å². The number of esters is 2. The summed E-state index contributed by atoms with van der Waals surface area (Å²) in [5, 5.41) is 9.28. The van der Waals surface area contributed by atoms with Crippen molar-refractivity contribution in [2.45, 2.75) is 26.3 Å². The molecule has 0 amide bonds. The van der Waals surface area contributed by atoms with E-state index < -0.39 is 46.0 Å². The van der Waals surface area contributed by atoms with Crippen molar-refractivity contribution in [1.82, 2.24) is 9.47 Å². The lowest BCUT2D eigenvalue weighted by Crippen LogP contribution is -2.45. The van der Waals surface area contributed by atoms with Crippen LogP contribution in [0.4, 0.5) is 14.5 Å². The largest absolute Gasteiger partial charge is 0.508 e. The number of hydrogen-bond acceptors (Lipinski definition) is 8. The monoisotopic (exact) mass is 543 g/mol. The number of carbonyl (C=O) groups excluding carboxylic acids is 2. The van der Waals surface area contributed by atoms with Gasteiger partial charge in [0.1, 0.15) is 28.9 Å². The van der Waals surface area contributed by atoms with Crippen LogP contribution in [0.1, 0.15) is 35.8 Å². The first-order chi connectivity index (χ1) is 18.7. The van der Waals surface area contributed by atoms with Crippen molar-refractivity contribution in [2.75, 3.05) is 51.3 Å². The normalized spacial score (nSPS) is 14.8. The molecule has 208 valence electrons. The first-order valence-corrected chi connectivity index (χ1v) is 12.8. The van der Waals surface area contributed by atoms with E-state index >= 15 is 8.78 Å². The highest BCUT2D eigenvalue weighted by molar-refractivity contribution is 5.95. The lowest BCUT2D eigenvalue weighted by Gasteiger charge is -2.34. The number of nitrogens with zero attached hydrogens (tertiary/aromatic N) is 3. The van der Waals surface area contributed by atoms with Gasteiger partial charge in [0.2, 0.25) is 5.43 Å². The standard InChI is InChI=1S/C28H31F2N3O6/c1-4-38-27(36)20-16-33(22(28(37)39-5-2)14-17-6-8-18(34)9-7-17)24-19(26(20)35)15-21(29)25(23(24)30)32-12-10-31(3)11-13-32/h6-9,15-16,22,34H,4-5,10-14H2,1-3H3. The summed E-state index contributed by atoms with van der Waals surface area (Å²) in [7, 11) is 1.91. The van der Waals surface area contributed by atoms with Gasteiger partial charge in [0, 0.05) is 38.8 Å². The van der Waals surface area contributed by atoms with Crippen molar-refractivity contribution < 1.29 is 33.0 Å². The van der Waals surface area contributed by atoms with Crippen LogP contribution in [0.3, 0.4) is 0 Å². The lowest BCUT2D eigenvalue weighted by atomic mass is 10.0. The Hall–Kier alpha value is -3.99. The predicted molar refractivity (Wildman–Crippen MR) is 141 cm³/mol. The number of carbonyl (C=O) groups is 2. The lowest BCUT2D eigenvalue weighted by molar-refractivity contribution is -0.147. The smallest absolute Gasteiger partial charge is 0.343 e. The number of piperazine rings is 1.